The zero-order chi connectivity index (χ0) is 18.0. The molecule has 2 amide bonds. The summed E-state index contributed by atoms with van der Waals surface area (Å²) >= 11 is 6.92. The summed E-state index contributed by atoms with van der Waals surface area (Å²) in [5.41, 5.74) is 1.33. The van der Waals surface area contributed by atoms with Gasteiger partial charge in [0.05, 0.1) is 17.0 Å². The molecule has 5 nitrogen and oxygen atoms in total. The van der Waals surface area contributed by atoms with Crippen LogP contribution in [-0.4, -0.2) is 27.1 Å². The largest absolute Gasteiger partial charge is 0.478 e. The molecule has 0 aliphatic carbocycles. The predicted molar refractivity (Wildman–Crippen MR) is 96.4 cm³/mol. The molecule has 0 bridgehead atoms. The van der Waals surface area contributed by atoms with E-state index >= 15 is 0 Å². The number of hydrogen-bond donors (Lipinski definition) is 1. The highest BCUT2D eigenvalue weighted by atomic mass is 35.5. The van der Waals surface area contributed by atoms with Crippen LogP contribution in [0.25, 0.3) is 6.08 Å². The quantitative estimate of drug-likeness (QED) is 0.810. The lowest BCUT2D eigenvalue weighted by molar-refractivity contribution is -0.123. The molecule has 1 saturated heterocycles. The number of amides is 2. The van der Waals surface area contributed by atoms with Crippen molar-refractivity contribution in [2.24, 2.45) is 0 Å². The average molecular weight is 374 g/mol. The van der Waals surface area contributed by atoms with Gasteiger partial charge in [-0.2, -0.15) is 0 Å². The summed E-state index contributed by atoms with van der Waals surface area (Å²) < 4.78 is 0. The molecule has 0 saturated carbocycles. The molecule has 0 atom stereocenters. The maximum Gasteiger partial charge on any atom is 0.335 e. The van der Waals surface area contributed by atoms with Crippen molar-refractivity contribution in [3.05, 3.63) is 75.1 Å². The number of benzene rings is 2. The molecule has 2 aromatic carbocycles. The van der Waals surface area contributed by atoms with Crippen LogP contribution in [0.1, 0.15) is 21.5 Å². The number of nitrogens with zero attached hydrogens (tertiary/aromatic N) is 1. The Bertz CT molecular complexity index is 909. The van der Waals surface area contributed by atoms with E-state index < -0.39 is 17.1 Å². The van der Waals surface area contributed by atoms with Crippen LogP contribution in [0.4, 0.5) is 4.79 Å². The van der Waals surface area contributed by atoms with Crippen LogP contribution in [0.5, 0.6) is 0 Å². The van der Waals surface area contributed by atoms with E-state index in [1.54, 1.807) is 42.5 Å². The van der Waals surface area contributed by atoms with Crippen LogP contribution < -0.4 is 0 Å². The molecular formula is C18H12ClNO4S. The smallest absolute Gasteiger partial charge is 0.335 e. The molecule has 0 unspecified atom stereocenters. The second-order valence-electron chi connectivity index (χ2n) is 5.29. The summed E-state index contributed by atoms with van der Waals surface area (Å²) in [5, 5.41) is 9.12. The van der Waals surface area contributed by atoms with E-state index in [0.29, 0.717) is 16.1 Å². The summed E-state index contributed by atoms with van der Waals surface area (Å²) in [4.78, 5) is 37.1. The van der Waals surface area contributed by atoms with Gasteiger partial charge in [0.1, 0.15) is 0 Å². The Hall–Kier alpha value is -2.57. The van der Waals surface area contributed by atoms with Crippen molar-refractivity contribution in [1.29, 1.82) is 0 Å². The molecule has 7 heteroatoms. The molecule has 0 spiro atoms. The number of hydrogen-bond acceptors (Lipinski definition) is 4. The summed E-state index contributed by atoms with van der Waals surface area (Å²) in [6, 6.07) is 13.2. The Balaban J connectivity index is 1.84. The second-order valence-corrected chi connectivity index (χ2v) is 6.70. The fraction of sp³-hybridized carbons (Fsp3) is 0.0556. The van der Waals surface area contributed by atoms with Crippen LogP contribution in [0.15, 0.2) is 53.4 Å². The lowest BCUT2D eigenvalue weighted by Crippen LogP contribution is -2.27. The van der Waals surface area contributed by atoms with E-state index in [-0.39, 0.29) is 17.0 Å². The number of thioether (sulfide) groups is 1. The van der Waals surface area contributed by atoms with Crippen LogP contribution >= 0.6 is 23.4 Å². The number of carboxylic acids is 1. The van der Waals surface area contributed by atoms with Gasteiger partial charge in [-0.05, 0) is 47.2 Å². The third-order valence-electron chi connectivity index (χ3n) is 3.58. The van der Waals surface area contributed by atoms with Crippen molar-refractivity contribution in [1.82, 2.24) is 4.90 Å². The first-order chi connectivity index (χ1) is 12.0. The number of halogens is 1. The van der Waals surface area contributed by atoms with E-state index in [4.69, 9.17) is 16.7 Å². The summed E-state index contributed by atoms with van der Waals surface area (Å²) in [6.07, 6.45) is 1.58. The normalized spacial score (nSPS) is 15.9. The van der Waals surface area contributed by atoms with E-state index in [1.807, 2.05) is 0 Å². The van der Waals surface area contributed by atoms with Gasteiger partial charge in [0.15, 0.2) is 0 Å². The first-order valence-corrected chi connectivity index (χ1v) is 8.47. The van der Waals surface area contributed by atoms with E-state index in [9.17, 15) is 14.4 Å². The van der Waals surface area contributed by atoms with E-state index in [0.717, 1.165) is 16.7 Å². The topological polar surface area (TPSA) is 74.7 Å². The van der Waals surface area contributed by atoms with Crippen molar-refractivity contribution >= 4 is 46.6 Å². The molecule has 25 heavy (non-hydrogen) atoms. The molecule has 0 aromatic heterocycles. The van der Waals surface area contributed by atoms with Gasteiger partial charge in [-0.1, -0.05) is 41.9 Å². The Morgan fingerprint density at radius 2 is 1.92 bits per heavy atom. The van der Waals surface area contributed by atoms with Crippen LogP contribution in [0, 0.1) is 0 Å². The van der Waals surface area contributed by atoms with Crippen LogP contribution in [0.3, 0.4) is 0 Å². The number of imide groups is 1. The van der Waals surface area contributed by atoms with Gasteiger partial charge in [0.2, 0.25) is 0 Å². The minimum Gasteiger partial charge on any atom is -0.478 e. The highest BCUT2D eigenvalue weighted by Gasteiger charge is 2.35. The zero-order valence-electron chi connectivity index (χ0n) is 12.8. The van der Waals surface area contributed by atoms with Gasteiger partial charge in [-0.3, -0.25) is 14.5 Å². The van der Waals surface area contributed by atoms with Gasteiger partial charge in [-0.15, -0.1) is 0 Å². The SMILES string of the molecule is O=C(O)c1cccc(CN2C(=O)S/C(=C/c3ccccc3Cl)C2=O)c1. The molecule has 2 aromatic rings. The minimum absolute atomic E-state index is 0.0195. The fourth-order valence-corrected chi connectivity index (χ4v) is 3.37. The maximum absolute atomic E-state index is 12.5. The van der Waals surface area contributed by atoms with Gasteiger partial charge >= 0.3 is 5.97 Å². The van der Waals surface area contributed by atoms with Crippen molar-refractivity contribution in [3.63, 3.8) is 0 Å². The second kappa shape index (κ2) is 7.13. The summed E-state index contributed by atoms with van der Waals surface area (Å²) in [5.74, 6) is -1.48. The highest BCUT2D eigenvalue weighted by molar-refractivity contribution is 8.18. The first kappa shape index (κ1) is 17.3. The number of carbonyl (C=O) groups is 3. The highest BCUT2D eigenvalue weighted by Crippen LogP contribution is 2.34. The third kappa shape index (κ3) is 3.75. The summed E-state index contributed by atoms with van der Waals surface area (Å²) in [7, 11) is 0. The zero-order valence-corrected chi connectivity index (χ0v) is 14.4. The first-order valence-electron chi connectivity index (χ1n) is 7.28. The number of rotatable bonds is 4. The van der Waals surface area contributed by atoms with Crippen molar-refractivity contribution in [2.75, 3.05) is 0 Å². The predicted octanol–water partition coefficient (Wildman–Crippen LogP) is 4.27. The van der Waals surface area contributed by atoms with Gasteiger partial charge in [-0.25, -0.2) is 4.79 Å². The summed E-state index contributed by atoms with van der Waals surface area (Å²) in [6.45, 7) is 0.0195. The van der Waals surface area contributed by atoms with Crippen molar-refractivity contribution < 1.29 is 19.5 Å². The Morgan fingerprint density at radius 1 is 1.16 bits per heavy atom. The minimum atomic E-state index is -1.06. The number of carbonyl (C=O) groups excluding carboxylic acids is 2. The molecule has 0 radical (unpaired) electrons. The standard InChI is InChI=1S/C18H12ClNO4S/c19-14-7-2-1-5-12(14)9-15-16(21)20(18(24)25-15)10-11-4-3-6-13(8-11)17(22)23/h1-9H,10H2,(H,22,23)/b15-9+. The Morgan fingerprint density at radius 3 is 2.64 bits per heavy atom. The molecule has 1 aliphatic rings. The molecular weight excluding hydrogens is 362 g/mol. The molecule has 1 N–H and O–H groups in total. The molecule has 3 rings (SSSR count). The van der Waals surface area contributed by atoms with Gasteiger partial charge in [0.25, 0.3) is 11.1 Å². The van der Waals surface area contributed by atoms with E-state index in [2.05, 4.69) is 0 Å². The monoisotopic (exact) mass is 373 g/mol. The van der Waals surface area contributed by atoms with Crippen molar-refractivity contribution in [2.45, 2.75) is 6.54 Å². The maximum atomic E-state index is 12.5. The molecule has 1 heterocycles. The molecule has 1 fully saturated rings. The van der Waals surface area contributed by atoms with Crippen LogP contribution in [0.2, 0.25) is 5.02 Å². The Labute approximate surface area is 152 Å². The molecule has 126 valence electrons. The van der Waals surface area contributed by atoms with E-state index in [1.165, 1.54) is 12.1 Å². The van der Waals surface area contributed by atoms with Gasteiger partial charge < -0.3 is 5.11 Å². The fourth-order valence-electron chi connectivity index (χ4n) is 2.35. The number of carboxylic acid groups (broad SMARTS) is 1. The van der Waals surface area contributed by atoms with Crippen molar-refractivity contribution in [3.8, 4) is 0 Å². The number of aromatic carboxylic acids is 1. The lowest BCUT2D eigenvalue weighted by atomic mass is 10.1. The Kier molecular flexibility index (Phi) is 4.92. The van der Waals surface area contributed by atoms with Gasteiger partial charge in [0, 0.05) is 5.02 Å². The molecule has 1 aliphatic heterocycles. The van der Waals surface area contributed by atoms with Crippen LogP contribution in [-0.2, 0) is 11.3 Å². The lowest BCUT2D eigenvalue weighted by Gasteiger charge is -2.12. The average Bonchev–Trinajstić information content (AvgIpc) is 2.85. The third-order valence-corrected chi connectivity index (χ3v) is 4.83.